The Morgan fingerprint density at radius 1 is 1.00 bits per heavy atom. The van der Waals surface area contributed by atoms with Gasteiger partial charge in [-0.15, -0.1) is 11.3 Å². The molecule has 0 aliphatic carbocycles. The maximum Gasteiger partial charge on any atom is 0.337 e. The van der Waals surface area contributed by atoms with Crippen LogP contribution in [0.5, 0.6) is 11.5 Å². The number of rotatable bonds is 6. The fourth-order valence-corrected chi connectivity index (χ4v) is 4.68. The third-order valence-corrected chi connectivity index (χ3v) is 6.48. The van der Waals surface area contributed by atoms with Crippen LogP contribution in [0.25, 0.3) is 21.3 Å². The van der Waals surface area contributed by atoms with E-state index in [-0.39, 0.29) is 5.56 Å². The van der Waals surface area contributed by atoms with E-state index in [1.54, 1.807) is 17.4 Å². The second-order valence-corrected chi connectivity index (χ2v) is 8.62. The number of anilines is 2. The normalized spacial score (nSPS) is 10.9. The summed E-state index contributed by atoms with van der Waals surface area (Å²) in [6.07, 6.45) is 1.48. The second kappa shape index (κ2) is 8.47. The smallest absolute Gasteiger partial charge is 0.337 e. The number of nitrogens with zero attached hydrogens (tertiary/aromatic N) is 2. The van der Waals surface area contributed by atoms with E-state index in [1.807, 2.05) is 0 Å². The third kappa shape index (κ3) is 3.73. The summed E-state index contributed by atoms with van der Waals surface area (Å²) >= 11 is 1.58. The van der Waals surface area contributed by atoms with Crippen LogP contribution in [0.4, 0.5) is 11.5 Å². The van der Waals surface area contributed by atoms with E-state index in [9.17, 15) is 9.90 Å². The highest BCUT2D eigenvalue weighted by Gasteiger charge is 2.21. The quantitative estimate of drug-likeness (QED) is 0.387. The molecule has 0 aliphatic heterocycles. The molecule has 7 nitrogen and oxygen atoms in total. The number of aromatic carboxylic acids is 1. The lowest BCUT2D eigenvalue weighted by atomic mass is 9.99. The molecule has 4 rings (SSSR count). The molecule has 0 radical (unpaired) electrons. The predicted octanol–water partition coefficient (Wildman–Crippen LogP) is 5.74. The summed E-state index contributed by atoms with van der Waals surface area (Å²) in [6, 6.07) is 9.38. The Labute approximate surface area is 189 Å². The molecule has 0 saturated heterocycles. The number of nitrogens with one attached hydrogen (secondary N) is 1. The van der Waals surface area contributed by atoms with Crippen molar-refractivity contribution in [3.63, 3.8) is 0 Å². The first-order valence-corrected chi connectivity index (χ1v) is 10.7. The number of fused-ring (bicyclic) bond motifs is 1. The lowest BCUT2D eigenvalue weighted by Crippen LogP contribution is -2.06. The summed E-state index contributed by atoms with van der Waals surface area (Å²) < 4.78 is 10.6. The minimum absolute atomic E-state index is 0.0501. The lowest BCUT2D eigenvalue weighted by molar-refractivity contribution is 0.0697. The van der Waals surface area contributed by atoms with Gasteiger partial charge >= 0.3 is 5.97 Å². The SMILES string of the molecule is COc1cc(Nc2ncnc3sc(C)c(-c4ccc(C)c(C)c4)c23)c(C(=O)O)cc1OC. The summed E-state index contributed by atoms with van der Waals surface area (Å²) in [5.74, 6) is 0.198. The zero-order chi connectivity index (χ0) is 23.0. The third-order valence-electron chi connectivity index (χ3n) is 5.47. The summed E-state index contributed by atoms with van der Waals surface area (Å²) in [5, 5.41) is 13.8. The van der Waals surface area contributed by atoms with Gasteiger partial charge in [0.1, 0.15) is 17.0 Å². The highest BCUT2D eigenvalue weighted by molar-refractivity contribution is 7.19. The first-order valence-electron chi connectivity index (χ1n) is 9.92. The van der Waals surface area contributed by atoms with Crippen LogP contribution in [-0.2, 0) is 0 Å². The van der Waals surface area contributed by atoms with Crippen LogP contribution in [0.15, 0.2) is 36.7 Å². The summed E-state index contributed by atoms with van der Waals surface area (Å²) in [6.45, 7) is 6.22. The summed E-state index contributed by atoms with van der Waals surface area (Å²) in [7, 11) is 2.97. The largest absolute Gasteiger partial charge is 0.493 e. The number of benzene rings is 2. The molecule has 164 valence electrons. The maximum atomic E-state index is 11.9. The van der Waals surface area contributed by atoms with Crippen molar-refractivity contribution in [3.8, 4) is 22.6 Å². The number of carboxylic acid groups (broad SMARTS) is 1. The highest BCUT2D eigenvalue weighted by atomic mass is 32.1. The van der Waals surface area contributed by atoms with E-state index in [2.05, 4.69) is 54.3 Å². The Balaban J connectivity index is 1.92. The summed E-state index contributed by atoms with van der Waals surface area (Å²) in [4.78, 5) is 22.8. The molecule has 0 bridgehead atoms. The molecule has 0 amide bonds. The van der Waals surface area contributed by atoms with Crippen molar-refractivity contribution in [2.45, 2.75) is 20.8 Å². The number of ether oxygens (including phenoxy) is 2. The van der Waals surface area contributed by atoms with E-state index in [1.165, 1.54) is 37.7 Å². The number of carbonyl (C=O) groups is 1. The zero-order valence-corrected chi connectivity index (χ0v) is 19.3. The van der Waals surface area contributed by atoms with Crippen molar-refractivity contribution in [1.82, 2.24) is 9.97 Å². The van der Waals surface area contributed by atoms with Crippen LogP contribution in [-0.4, -0.2) is 35.3 Å². The van der Waals surface area contributed by atoms with Gasteiger partial charge in [-0.1, -0.05) is 18.2 Å². The second-order valence-electron chi connectivity index (χ2n) is 7.42. The minimum atomic E-state index is -1.09. The van der Waals surface area contributed by atoms with Crippen molar-refractivity contribution in [2.75, 3.05) is 19.5 Å². The molecule has 0 aliphatic rings. The van der Waals surface area contributed by atoms with Gasteiger partial charge < -0.3 is 19.9 Å². The molecule has 0 unspecified atom stereocenters. The van der Waals surface area contributed by atoms with Gasteiger partial charge in [0.25, 0.3) is 0 Å². The predicted molar refractivity (Wildman–Crippen MR) is 127 cm³/mol. The van der Waals surface area contributed by atoms with Gasteiger partial charge in [0.05, 0.1) is 30.9 Å². The number of aryl methyl sites for hydroxylation is 3. The van der Waals surface area contributed by atoms with E-state index < -0.39 is 5.97 Å². The molecular formula is C24H23N3O4S. The fraction of sp³-hybridized carbons (Fsp3) is 0.208. The van der Waals surface area contributed by atoms with Gasteiger partial charge in [0.2, 0.25) is 0 Å². The van der Waals surface area contributed by atoms with E-state index in [0.29, 0.717) is 23.0 Å². The lowest BCUT2D eigenvalue weighted by Gasteiger charge is -2.15. The van der Waals surface area contributed by atoms with Crippen molar-refractivity contribution >= 4 is 39.0 Å². The van der Waals surface area contributed by atoms with Gasteiger partial charge in [0, 0.05) is 22.6 Å². The van der Waals surface area contributed by atoms with Gasteiger partial charge in [-0.05, 0) is 37.5 Å². The van der Waals surface area contributed by atoms with E-state index >= 15 is 0 Å². The van der Waals surface area contributed by atoms with Crippen LogP contribution in [0.2, 0.25) is 0 Å². The van der Waals surface area contributed by atoms with Crippen LogP contribution in [0, 0.1) is 20.8 Å². The number of carboxylic acids is 1. The van der Waals surface area contributed by atoms with Crippen LogP contribution in [0.1, 0.15) is 26.4 Å². The molecule has 0 fully saturated rings. The Hall–Kier alpha value is -3.65. The molecule has 8 heteroatoms. The molecule has 32 heavy (non-hydrogen) atoms. The average molecular weight is 450 g/mol. The number of hydrogen-bond acceptors (Lipinski definition) is 7. The minimum Gasteiger partial charge on any atom is -0.493 e. The Morgan fingerprint density at radius 3 is 2.38 bits per heavy atom. The molecular weight excluding hydrogens is 426 g/mol. The Morgan fingerprint density at radius 2 is 1.72 bits per heavy atom. The topological polar surface area (TPSA) is 93.6 Å². The van der Waals surface area contributed by atoms with E-state index in [4.69, 9.17) is 9.47 Å². The fourth-order valence-electron chi connectivity index (χ4n) is 3.67. The van der Waals surface area contributed by atoms with Gasteiger partial charge in [-0.25, -0.2) is 14.8 Å². The Kier molecular flexibility index (Phi) is 5.71. The van der Waals surface area contributed by atoms with E-state index in [0.717, 1.165) is 26.2 Å². The molecule has 2 heterocycles. The molecule has 4 aromatic rings. The van der Waals surface area contributed by atoms with Crippen LogP contribution >= 0.6 is 11.3 Å². The molecule has 0 atom stereocenters. The van der Waals surface area contributed by atoms with Gasteiger partial charge in [-0.2, -0.15) is 0 Å². The van der Waals surface area contributed by atoms with Gasteiger partial charge in [0.15, 0.2) is 11.5 Å². The summed E-state index contributed by atoms with van der Waals surface area (Å²) in [5.41, 5.74) is 4.92. The first-order chi connectivity index (χ1) is 15.3. The molecule has 2 aromatic carbocycles. The van der Waals surface area contributed by atoms with Crippen LogP contribution in [0.3, 0.4) is 0 Å². The van der Waals surface area contributed by atoms with Crippen molar-refractivity contribution < 1.29 is 19.4 Å². The molecule has 2 aromatic heterocycles. The zero-order valence-electron chi connectivity index (χ0n) is 18.4. The highest BCUT2D eigenvalue weighted by Crippen LogP contribution is 2.42. The van der Waals surface area contributed by atoms with Gasteiger partial charge in [-0.3, -0.25) is 0 Å². The monoisotopic (exact) mass is 449 g/mol. The first kappa shape index (κ1) is 21.6. The number of thiophene rings is 1. The molecule has 0 spiro atoms. The standard InChI is InChI=1S/C24H23N3O4S/c1-12-6-7-15(8-13(12)2)20-14(3)32-23-21(20)22(25-11-26-23)27-17-10-19(31-5)18(30-4)9-16(17)24(28)29/h6-11H,1-5H3,(H,28,29)(H,25,26,27). The maximum absolute atomic E-state index is 11.9. The molecule has 2 N–H and O–H groups in total. The Bertz CT molecular complexity index is 1350. The van der Waals surface area contributed by atoms with Crippen molar-refractivity contribution in [2.24, 2.45) is 0 Å². The average Bonchev–Trinajstić information content (AvgIpc) is 3.11. The number of hydrogen-bond donors (Lipinski definition) is 2. The number of methoxy groups -OCH3 is 2. The van der Waals surface area contributed by atoms with Crippen LogP contribution < -0.4 is 14.8 Å². The number of aromatic nitrogens is 2. The molecule has 0 saturated carbocycles. The van der Waals surface area contributed by atoms with Crippen molar-refractivity contribution in [1.29, 1.82) is 0 Å². The van der Waals surface area contributed by atoms with Crippen molar-refractivity contribution in [3.05, 3.63) is 58.2 Å².